The molecule has 2 N–H and O–H groups in total. The molecule has 0 fully saturated rings. The van der Waals surface area contributed by atoms with Crippen LogP contribution in [0.15, 0.2) is 24.3 Å². The fraction of sp³-hybridized carbons (Fsp3) is 0.429. The van der Waals surface area contributed by atoms with Crippen LogP contribution >= 0.6 is 0 Å². The number of hydrogen-bond acceptors (Lipinski definition) is 3. The topological polar surface area (TPSA) is 66.4 Å². The normalized spacial score (nSPS) is 12.3. The zero-order valence-corrected chi connectivity index (χ0v) is 10.9. The number of nitrogens with one attached hydrogen (secondary N) is 1. The highest BCUT2D eigenvalue weighted by Crippen LogP contribution is 2.15. The second kappa shape index (κ2) is 6.31. The summed E-state index contributed by atoms with van der Waals surface area (Å²) in [5.41, 5.74) is 1.24. The maximum atomic E-state index is 11.9. The molecular formula is C14H19NO3. The Morgan fingerprint density at radius 1 is 1.22 bits per heavy atom. The summed E-state index contributed by atoms with van der Waals surface area (Å²) in [6.07, 6.45) is 0. The molecule has 0 radical (unpaired) electrons. The predicted octanol–water partition coefficient (Wildman–Crippen LogP) is 2.09. The van der Waals surface area contributed by atoms with E-state index in [0.29, 0.717) is 11.3 Å². The first kappa shape index (κ1) is 14.4. The van der Waals surface area contributed by atoms with Crippen molar-refractivity contribution >= 4 is 17.4 Å². The van der Waals surface area contributed by atoms with Crippen molar-refractivity contribution in [2.75, 3.05) is 11.9 Å². The van der Waals surface area contributed by atoms with Crippen molar-refractivity contribution in [1.82, 2.24) is 0 Å². The number of rotatable bonds is 5. The summed E-state index contributed by atoms with van der Waals surface area (Å²) < 4.78 is 0. The smallest absolute Gasteiger partial charge is 0.230 e. The summed E-state index contributed by atoms with van der Waals surface area (Å²) in [6, 6.07) is 6.70. The third-order valence-electron chi connectivity index (χ3n) is 2.90. The summed E-state index contributed by atoms with van der Waals surface area (Å²) in [6.45, 7) is 5.10. The Hall–Kier alpha value is -1.68. The van der Waals surface area contributed by atoms with Gasteiger partial charge in [-0.3, -0.25) is 9.59 Å². The van der Waals surface area contributed by atoms with Crippen LogP contribution in [0.2, 0.25) is 0 Å². The minimum Gasteiger partial charge on any atom is -0.396 e. The van der Waals surface area contributed by atoms with E-state index in [0.717, 1.165) is 0 Å². The van der Waals surface area contributed by atoms with Crippen molar-refractivity contribution in [2.45, 2.75) is 20.8 Å². The van der Waals surface area contributed by atoms with Crippen molar-refractivity contribution in [1.29, 1.82) is 0 Å². The van der Waals surface area contributed by atoms with Crippen LogP contribution in [-0.2, 0) is 4.79 Å². The number of aliphatic hydroxyl groups is 1. The molecule has 0 aliphatic rings. The van der Waals surface area contributed by atoms with Gasteiger partial charge in [0.25, 0.3) is 0 Å². The Morgan fingerprint density at radius 2 is 1.78 bits per heavy atom. The standard InChI is InChI=1S/C14H19NO3/c1-9(2)13(8-16)14(18)15-12-6-4-11(5-7-12)10(3)17/h4-7,9,13,16H,8H2,1-3H3,(H,15,18). The van der Waals surface area contributed by atoms with Gasteiger partial charge in [0.2, 0.25) is 5.91 Å². The van der Waals surface area contributed by atoms with E-state index in [-0.39, 0.29) is 24.2 Å². The van der Waals surface area contributed by atoms with Gasteiger partial charge in [-0.2, -0.15) is 0 Å². The van der Waals surface area contributed by atoms with E-state index >= 15 is 0 Å². The van der Waals surface area contributed by atoms with E-state index in [9.17, 15) is 9.59 Å². The molecule has 0 saturated heterocycles. The monoisotopic (exact) mass is 249 g/mol. The van der Waals surface area contributed by atoms with Crippen LogP contribution < -0.4 is 5.32 Å². The van der Waals surface area contributed by atoms with E-state index in [2.05, 4.69) is 5.32 Å². The number of hydrogen-bond donors (Lipinski definition) is 2. The molecule has 18 heavy (non-hydrogen) atoms. The van der Waals surface area contributed by atoms with Crippen LogP contribution in [-0.4, -0.2) is 23.4 Å². The van der Waals surface area contributed by atoms with Gasteiger partial charge in [0.1, 0.15) is 0 Å². The number of carbonyl (C=O) groups is 2. The second-order valence-electron chi connectivity index (χ2n) is 4.66. The van der Waals surface area contributed by atoms with Gasteiger partial charge in [-0.25, -0.2) is 0 Å². The SMILES string of the molecule is CC(=O)c1ccc(NC(=O)C(CO)C(C)C)cc1. The Kier molecular flexibility index (Phi) is 5.04. The molecule has 0 bridgehead atoms. The Bertz CT molecular complexity index is 423. The molecule has 98 valence electrons. The number of benzene rings is 1. The zero-order chi connectivity index (χ0) is 13.7. The molecule has 0 heterocycles. The maximum absolute atomic E-state index is 11.9. The Labute approximate surface area is 107 Å². The quantitative estimate of drug-likeness (QED) is 0.785. The van der Waals surface area contributed by atoms with Gasteiger partial charge in [-0.1, -0.05) is 13.8 Å². The van der Waals surface area contributed by atoms with Crippen LogP contribution in [0.5, 0.6) is 0 Å². The van der Waals surface area contributed by atoms with Gasteiger partial charge in [0.15, 0.2) is 5.78 Å². The molecule has 0 saturated carbocycles. The van der Waals surface area contributed by atoms with Crippen molar-refractivity contribution in [3.05, 3.63) is 29.8 Å². The lowest BCUT2D eigenvalue weighted by Crippen LogP contribution is -2.29. The van der Waals surface area contributed by atoms with Gasteiger partial charge >= 0.3 is 0 Å². The first-order valence-electron chi connectivity index (χ1n) is 5.98. The van der Waals surface area contributed by atoms with E-state index in [1.54, 1.807) is 24.3 Å². The van der Waals surface area contributed by atoms with E-state index in [4.69, 9.17) is 5.11 Å². The lowest BCUT2D eigenvalue weighted by Gasteiger charge is -2.17. The van der Waals surface area contributed by atoms with Gasteiger partial charge < -0.3 is 10.4 Å². The van der Waals surface area contributed by atoms with E-state index < -0.39 is 5.92 Å². The molecule has 1 unspecified atom stereocenters. The van der Waals surface area contributed by atoms with Crippen LogP contribution in [0.3, 0.4) is 0 Å². The number of amides is 1. The number of carbonyl (C=O) groups excluding carboxylic acids is 2. The highest BCUT2D eigenvalue weighted by Gasteiger charge is 2.21. The molecule has 4 nitrogen and oxygen atoms in total. The molecule has 1 rings (SSSR count). The molecular weight excluding hydrogens is 230 g/mol. The van der Waals surface area contributed by atoms with Crippen molar-refractivity contribution < 1.29 is 14.7 Å². The number of ketones is 1. The third-order valence-corrected chi connectivity index (χ3v) is 2.90. The molecule has 0 spiro atoms. The molecule has 1 amide bonds. The van der Waals surface area contributed by atoms with Crippen molar-refractivity contribution in [2.24, 2.45) is 11.8 Å². The maximum Gasteiger partial charge on any atom is 0.230 e. The average Bonchev–Trinajstić information content (AvgIpc) is 2.29. The Morgan fingerprint density at radius 3 is 2.17 bits per heavy atom. The number of Topliss-reactive ketones (excluding diaryl/α,β-unsaturated/α-hetero) is 1. The molecule has 0 aliphatic carbocycles. The van der Waals surface area contributed by atoms with Gasteiger partial charge in [0, 0.05) is 11.3 Å². The minimum atomic E-state index is -0.419. The molecule has 4 heteroatoms. The largest absolute Gasteiger partial charge is 0.396 e. The average molecular weight is 249 g/mol. The first-order chi connectivity index (χ1) is 8.45. The summed E-state index contributed by atoms with van der Waals surface area (Å²) in [5, 5.41) is 11.9. The van der Waals surface area contributed by atoms with Crippen molar-refractivity contribution in [3.63, 3.8) is 0 Å². The van der Waals surface area contributed by atoms with Gasteiger partial charge in [-0.15, -0.1) is 0 Å². The van der Waals surface area contributed by atoms with E-state index in [1.165, 1.54) is 6.92 Å². The minimum absolute atomic E-state index is 0.0108. The second-order valence-corrected chi connectivity index (χ2v) is 4.66. The molecule has 1 aromatic rings. The van der Waals surface area contributed by atoms with E-state index in [1.807, 2.05) is 13.8 Å². The molecule has 1 atom stereocenters. The Balaban J connectivity index is 2.73. The van der Waals surface area contributed by atoms with Gasteiger partial charge in [0.05, 0.1) is 12.5 Å². The summed E-state index contributed by atoms with van der Waals surface area (Å²) in [5.74, 6) is -0.560. The molecule has 0 aliphatic heterocycles. The fourth-order valence-corrected chi connectivity index (χ4v) is 1.62. The fourth-order valence-electron chi connectivity index (χ4n) is 1.62. The van der Waals surface area contributed by atoms with Crippen LogP contribution in [0.4, 0.5) is 5.69 Å². The van der Waals surface area contributed by atoms with Gasteiger partial charge in [-0.05, 0) is 37.1 Å². The highest BCUT2D eigenvalue weighted by atomic mass is 16.3. The predicted molar refractivity (Wildman–Crippen MR) is 70.5 cm³/mol. The zero-order valence-electron chi connectivity index (χ0n) is 10.9. The number of anilines is 1. The van der Waals surface area contributed by atoms with Crippen LogP contribution in [0, 0.1) is 11.8 Å². The first-order valence-corrected chi connectivity index (χ1v) is 5.98. The summed E-state index contributed by atoms with van der Waals surface area (Å²) >= 11 is 0. The molecule has 1 aromatic carbocycles. The van der Waals surface area contributed by atoms with Crippen LogP contribution in [0.25, 0.3) is 0 Å². The summed E-state index contributed by atoms with van der Waals surface area (Å²) in [7, 11) is 0. The molecule has 0 aromatic heterocycles. The lowest BCUT2D eigenvalue weighted by molar-refractivity contribution is -0.122. The summed E-state index contributed by atoms with van der Waals surface area (Å²) in [4.78, 5) is 23.0. The highest BCUT2D eigenvalue weighted by molar-refractivity contribution is 5.96. The third kappa shape index (κ3) is 3.67. The van der Waals surface area contributed by atoms with Crippen LogP contribution in [0.1, 0.15) is 31.1 Å². The lowest BCUT2D eigenvalue weighted by atomic mass is 9.96. The number of aliphatic hydroxyl groups excluding tert-OH is 1. The van der Waals surface area contributed by atoms with Crippen molar-refractivity contribution in [3.8, 4) is 0 Å².